The highest BCUT2D eigenvalue weighted by molar-refractivity contribution is 6.04. The monoisotopic (exact) mass is 309 g/mol. The van der Waals surface area contributed by atoms with Crippen LogP contribution in [0.5, 0.6) is 0 Å². The van der Waals surface area contributed by atoms with E-state index < -0.39 is 0 Å². The smallest absolute Gasteiger partial charge is 0.274 e. The van der Waals surface area contributed by atoms with Gasteiger partial charge >= 0.3 is 0 Å². The highest BCUT2D eigenvalue weighted by Crippen LogP contribution is 2.15. The van der Waals surface area contributed by atoms with Crippen LogP contribution in [-0.2, 0) is 0 Å². The van der Waals surface area contributed by atoms with E-state index in [9.17, 15) is 9.59 Å². The standard InChI is InChI=1S/C18H19N3O2/c1-4-6-20-17(22)14-5-7-19-16(11-14)18(23)21-15-9-12(2)8-13(3)10-15/h4-5,7-11H,1,6H2,2-3H3,(H,20,22)(H,21,23). The number of pyridine rings is 1. The van der Waals surface area contributed by atoms with E-state index in [0.29, 0.717) is 17.8 Å². The Bertz CT molecular complexity index is 733. The van der Waals surface area contributed by atoms with Crippen molar-refractivity contribution in [1.82, 2.24) is 10.3 Å². The molecular formula is C18H19N3O2. The average molecular weight is 309 g/mol. The molecule has 5 heteroatoms. The Balaban J connectivity index is 2.16. The zero-order chi connectivity index (χ0) is 16.8. The molecule has 0 aliphatic carbocycles. The maximum Gasteiger partial charge on any atom is 0.274 e. The van der Waals surface area contributed by atoms with Gasteiger partial charge in [0, 0.05) is 24.0 Å². The number of hydrogen-bond acceptors (Lipinski definition) is 3. The fourth-order valence-corrected chi connectivity index (χ4v) is 2.20. The molecule has 0 saturated heterocycles. The quantitative estimate of drug-likeness (QED) is 0.834. The van der Waals surface area contributed by atoms with Crippen LogP contribution in [0.15, 0.2) is 49.2 Å². The number of aromatic nitrogens is 1. The molecule has 2 N–H and O–H groups in total. The number of anilines is 1. The number of carbonyl (C=O) groups excluding carboxylic acids is 2. The lowest BCUT2D eigenvalue weighted by atomic mass is 10.1. The summed E-state index contributed by atoms with van der Waals surface area (Å²) in [5.41, 5.74) is 3.40. The number of amides is 2. The van der Waals surface area contributed by atoms with Gasteiger partial charge in [-0.2, -0.15) is 0 Å². The largest absolute Gasteiger partial charge is 0.349 e. The van der Waals surface area contributed by atoms with Gasteiger partial charge in [0.1, 0.15) is 5.69 Å². The first-order chi connectivity index (χ1) is 11.0. The van der Waals surface area contributed by atoms with Crippen molar-refractivity contribution in [2.24, 2.45) is 0 Å². The molecule has 118 valence electrons. The van der Waals surface area contributed by atoms with Crippen molar-refractivity contribution in [2.75, 3.05) is 11.9 Å². The second-order valence-corrected chi connectivity index (χ2v) is 5.26. The van der Waals surface area contributed by atoms with E-state index in [1.54, 1.807) is 12.1 Å². The summed E-state index contributed by atoms with van der Waals surface area (Å²) >= 11 is 0. The molecule has 5 nitrogen and oxygen atoms in total. The number of nitrogens with zero attached hydrogens (tertiary/aromatic N) is 1. The highest BCUT2D eigenvalue weighted by Gasteiger charge is 2.12. The molecule has 0 unspecified atom stereocenters. The van der Waals surface area contributed by atoms with Crippen LogP contribution in [0, 0.1) is 13.8 Å². The van der Waals surface area contributed by atoms with Gasteiger partial charge in [0.25, 0.3) is 11.8 Å². The van der Waals surface area contributed by atoms with Crippen molar-refractivity contribution in [3.63, 3.8) is 0 Å². The van der Waals surface area contributed by atoms with E-state index in [-0.39, 0.29) is 17.5 Å². The van der Waals surface area contributed by atoms with Gasteiger partial charge in [0.05, 0.1) is 0 Å². The van der Waals surface area contributed by atoms with Crippen molar-refractivity contribution in [3.05, 3.63) is 71.6 Å². The summed E-state index contributed by atoms with van der Waals surface area (Å²) in [4.78, 5) is 28.2. The van der Waals surface area contributed by atoms with Gasteiger partial charge in [0.2, 0.25) is 0 Å². The number of carbonyl (C=O) groups is 2. The molecule has 0 saturated carbocycles. The summed E-state index contributed by atoms with van der Waals surface area (Å²) in [6.07, 6.45) is 3.03. The van der Waals surface area contributed by atoms with E-state index in [4.69, 9.17) is 0 Å². The topological polar surface area (TPSA) is 71.1 Å². The summed E-state index contributed by atoms with van der Waals surface area (Å²) in [5, 5.41) is 5.46. The Morgan fingerprint density at radius 1 is 1.13 bits per heavy atom. The minimum atomic E-state index is -0.353. The van der Waals surface area contributed by atoms with Crippen LogP contribution < -0.4 is 10.6 Å². The number of rotatable bonds is 5. The third-order valence-corrected chi connectivity index (χ3v) is 3.14. The maximum atomic E-state index is 12.3. The molecule has 0 aliphatic heterocycles. The lowest BCUT2D eigenvalue weighted by Gasteiger charge is -2.08. The van der Waals surface area contributed by atoms with E-state index in [0.717, 1.165) is 11.1 Å². The first-order valence-corrected chi connectivity index (χ1v) is 7.24. The molecule has 1 aromatic heterocycles. The maximum absolute atomic E-state index is 12.3. The Morgan fingerprint density at radius 2 is 1.83 bits per heavy atom. The summed E-state index contributed by atoms with van der Waals surface area (Å²) in [6.45, 7) is 7.84. The minimum Gasteiger partial charge on any atom is -0.349 e. The first kappa shape index (κ1) is 16.4. The fraction of sp³-hybridized carbons (Fsp3) is 0.167. The van der Waals surface area contributed by atoms with Gasteiger partial charge in [-0.1, -0.05) is 12.1 Å². The molecule has 0 bridgehead atoms. The van der Waals surface area contributed by atoms with Gasteiger partial charge in [0.15, 0.2) is 0 Å². The Morgan fingerprint density at radius 3 is 2.48 bits per heavy atom. The van der Waals surface area contributed by atoms with Gasteiger partial charge in [-0.15, -0.1) is 6.58 Å². The fourth-order valence-electron chi connectivity index (χ4n) is 2.20. The Kier molecular flexibility index (Phi) is 5.25. The molecule has 1 heterocycles. The van der Waals surface area contributed by atoms with Gasteiger partial charge < -0.3 is 10.6 Å². The Labute approximate surface area is 135 Å². The Hall–Kier alpha value is -2.95. The van der Waals surface area contributed by atoms with Crippen LogP contribution in [0.25, 0.3) is 0 Å². The molecule has 2 rings (SSSR count). The predicted molar refractivity (Wildman–Crippen MR) is 90.6 cm³/mol. The van der Waals surface area contributed by atoms with Gasteiger partial charge in [-0.25, -0.2) is 0 Å². The molecule has 0 aliphatic rings. The van der Waals surface area contributed by atoms with Crippen molar-refractivity contribution in [3.8, 4) is 0 Å². The minimum absolute atomic E-state index is 0.190. The molecule has 0 atom stereocenters. The third-order valence-electron chi connectivity index (χ3n) is 3.14. The predicted octanol–water partition coefficient (Wildman–Crippen LogP) is 2.87. The molecule has 2 aromatic rings. The normalized spacial score (nSPS) is 10.0. The van der Waals surface area contributed by atoms with Crippen molar-refractivity contribution >= 4 is 17.5 Å². The third kappa shape index (κ3) is 4.51. The molecule has 0 spiro atoms. The zero-order valence-corrected chi connectivity index (χ0v) is 13.2. The second-order valence-electron chi connectivity index (χ2n) is 5.26. The van der Waals surface area contributed by atoms with Crippen LogP contribution in [0.2, 0.25) is 0 Å². The van der Waals surface area contributed by atoms with Crippen LogP contribution in [0.1, 0.15) is 32.0 Å². The molecule has 23 heavy (non-hydrogen) atoms. The lowest BCUT2D eigenvalue weighted by Crippen LogP contribution is -2.24. The van der Waals surface area contributed by atoms with Crippen molar-refractivity contribution in [1.29, 1.82) is 0 Å². The molecule has 2 amide bonds. The molecule has 0 radical (unpaired) electrons. The average Bonchev–Trinajstić information content (AvgIpc) is 2.51. The van der Waals surface area contributed by atoms with Gasteiger partial charge in [-0.05, 0) is 49.2 Å². The van der Waals surface area contributed by atoms with E-state index in [1.165, 1.54) is 12.3 Å². The van der Waals surface area contributed by atoms with Crippen LogP contribution >= 0.6 is 0 Å². The van der Waals surface area contributed by atoms with Crippen LogP contribution in [0.4, 0.5) is 5.69 Å². The summed E-state index contributed by atoms with van der Waals surface area (Å²) in [6, 6.07) is 8.82. The number of aryl methyl sites for hydroxylation is 2. The number of benzene rings is 1. The summed E-state index contributed by atoms with van der Waals surface area (Å²) in [7, 11) is 0. The van der Waals surface area contributed by atoms with E-state index >= 15 is 0 Å². The number of hydrogen-bond donors (Lipinski definition) is 2. The van der Waals surface area contributed by atoms with E-state index in [2.05, 4.69) is 22.2 Å². The van der Waals surface area contributed by atoms with Crippen molar-refractivity contribution < 1.29 is 9.59 Å². The summed E-state index contributed by atoms with van der Waals surface area (Å²) in [5.74, 6) is -0.624. The van der Waals surface area contributed by atoms with Crippen molar-refractivity contribution in [2.45, 2.75) is 13.8 Å². The molecular weight excluding hydrogens is 290 g/mol. The SMILES string of the molecule is C=CCNC(=O)c1ccnc(C(=O)Nc2cc(C)cc(C)c2)c1. The first-order valence-electron chi connectivity index (χ1n) is 7.24. The summed E-state index contributed by atoms with van der Waals surface area (Å²) < 4.78 is 0. The second kappa shape index (κ2) is 7.35. The molecule has 0 fully saturated rings. The molecule has 1 aromatic carbocycles. The lowest BCUT2D eigenvalue weighted by molar-refractivity contribution is 0.0958. The van der Waals surface area contributed by atoms with Gasteiger partial charge in [-0.3, -0.25) is 14.6 Å². The highest BCUT2D eigenvalue weighted by atomic mass is 16.2. The zero-order valence-electron chi connectivity index (χ0n) is 13.2. The van der Waals surface area contributed by atoms with Crippen LogP contribution in [0.3, 0.4) is 0 Å². The number of nitrogens with one attached hydrogen (secondary N) is 2. The van der Waals surface area contributed by atoms with Crippen LogP contribution in [-0.4, -0.2) is 23.3 Å². The van der Waals surface area contributed by atoms with E-state index in [1.807, 2.05) is 32.0 Å².